The molecular weight excluding hydrogens is 390 g/mol. The Labute approximate surface area is 185 Å². The number of methoxy groups -OCH3 is 1. The maximum Gasteiger partial charge on any atom is 0.258 e. The van der Waals surface area contributed by atoms with Gasteiger partial charge in [0.25, 0.3) is 5.91 Å². The van der Waals surface area contributed by atoms with Gasteiger partial charge in [0.2, 0.25) is 0 Å². The van der Waals surface area contributed by atoms with E-state index in [1.807, 2.05) is 24.3 Å². The number of nitrogens with zero attached hydrogens (tertiary/aromatic N) is 2. The molecule has 1 fully saturated rings. The number of ether oxygens (including phenoxy) is 2. The maximum absolute atomic E-state index is 12.5. The van der Waals surface area contributed by atoms with E-state index in [0.717, 1.165) is 31.8 Å². The van der Waals surface area contributed by atoms with Gasteiger partial charge in [0.15, 0.2) is 6.61 Å². The van der Waals surface area contributed by atoms with Crippen molar-refractivity contribution in [2.75, 3.05) is 51.8 Å². The van der Waals surface area contributed by atoms with Crippen molar-refractivity contribution < 1.29 is 14.3 Å². The minimum Gasteiger partial charge on any atom is -0.497 e. The van der Waals surface area contributed by atoms with E-state index in [1.165, 1.54) is 36.1 Å². The number of nitrogens with one attached hydrogen (secondary N) is 1. The van der Waals surface area contributed by atoms with Gasteiger partial charge in [-0.1, -0.05) is 12.1 Å². The van der Waals surface area contributed by atoms with Crippen LogP contribution in [0.15, 0.2) is 42.5 Å². The highest BCUT2D eigenvalue weighted by Gasteiger charge is 2.25. The summed E-state index contributed by atoms with van der Waals surface area (Å²) >= 11 is 0. The zero-order chi connectivity index (χ0) is 21.6. The molecule has 1 atom stereocenters. The summed E-state index contributed by atoms with van der Waals surface area (Å²) in [6, 6.07) is 14.3. The Bertz CT molecular complexity index is 878. The van der Waals surface area contributed by atoms with Crippen LogP contribution in [0.2, 0.25) is 0 Å². The highest BCUT2D eigenvalue weighted by Crippen LogP contribution is 2.31. The third-order valence-electron chi connectivity index (χ3n) is 6.34. The first kappa shape index (κ1) is 21.5. The summed E-state index contributed by atoms with van der Waals surface area (Å²) in [5.41, 5.74) is 4.06. The lowest BCUT2D eigenvalue weighted by Crippen LogP contribution is -2.38. The summed E-state index contributed by atoms with van der Waals surface area (Å²) in [5.74, 6) is 1.32. The fourth-order valence-corrected chi connectivity index (χ4v) is 4.61. The van der Waals surface area contributed by atoms with Crippen LogP contribution in [0.1, 0.15) is 36.4 Å². The van der Waals surface area contributed by atoms with E-state index in [9.17, 15) is 4.79 Å². The molecule has 0 saturated carbocycles. The molecule has 2 aromatic carbocycles. The molecule has 31 heavy (non-hydrogen) atoms. The van der Waals surface area contributed by atoms with E-state index in [4.69, 9.17) is 9.47 Å². The van der Waals surface area contributed by atoms with Gasteiger partial charge in [-0.05, 0) is 80.2 Å². The molecule has 2 heterocycles. The number of benzene rings is 2. The van der Waals surface area contributed by atoms with E-state index < -0.39 is 0 Å². The lowest BCUT2D eigenvalue weighted by molar-refractivity contribution is -0.123. The smallest absolute Gasteiger partial charge is 0.258 e. The number of fused-ring (bicyclic) bond motifs is 1. The third kappa shape index (κ3) is 5.31. The number of hydrogen-bond acceptors (Lipinski definition) is 5. The average molecular weight is 424 g/mol. The van der Waals surface area contributed by atoms with Crippen LogP contribution in [-0.4, -0.2) is 57.8 Å². The summed E-state index contributed by atoms with van der Waals surface area (Å²) in [4.78, 5) is 17.3. The van der Waals surface area contributed by atoms with Gasteiger partial charge in [0.1, 0.15) is 11.5 Å². The van der Waals surface area contributed by atoms with Crippen LogP contribution in [0.25, 0.3) is 0 Å². The minimum absolute atomic E-state index is 0.00797. The lowest BCUT2D eigenvalue weighted by Gasteiger charge is -2.32. The second-order valence-corrected chi connectivity index (χ2v) is 8.44. The molecule has 1 N–H and O–H groups in total. The summed E-state index contributed by atoms with van der Waals surface area (Å²) in [6.45, 7) is 3.89. The molecule has 166 valence electrons. The van der Waals surface area contributed by atoms with Gasteiger partial charge < -0.3 is 19.7 Å². The SMILES string of the molecule is COc1ccc(OCC(=O)NC[C@H](c2ccc3c(c2)CCCN3C)N2CCCC2)cc1. The number of carbonyl (C=O) groups is 1. The monoisotopic (exact) mass is 423 g/mol. The van der Waals surface area contributed by atoms with Crippen LogP contribution < -0.4 is 19.7 Å². The standard InChI is InChI=1S/C25H33N3O3/c1-27-13-5-6-19-16-20(7-12-23(19)27)24(28-14-3-4-15-28)17-26-25(29)18-31-22-10-8-21(30-2)9-11-22/h7-12,16,24H,3-6,13-15,17-18H2,1-2H3,(H,26,29)/t24-/m1/s1. The van der Waals surface area contributed by atoms with Gasteiger partial charge in [-0.2, -0.15) is 0 Å². The van der Waals surface area contributed by atoms with Crippen LogP contribution in [0.5, 0.6) is 11.5 Å². The normalized spacial score (nSPS) is 17.2. The molecule has 6 heteroatoms. The second-order valence-electron chi connectivity index (χ2n) is 8.44. The molecule has 0 aliphatic carbocycles. The van der Waals surface area contributed by atoms with Gasteiger partial charge >= 0.3 is 0 Å². The van der Waals surface area contributed by atoms with Crippen LogP contribution in [0.4, 0.5) is 5.69 Å². The van der Waals surface area contributed by atoms with Gasteiger partial charge in [-0.3, -0.25) is 9.69 Å². The Kier molecular flexibility index (Phi) is 6.97. The maximum atomic E-state index is 12.5. The molecular formula is C25H33N3O3. The number of rotatable bonds is 8. The predicted molar refractivity (Wildman–Crippen MR) is 123 cm³/mol. The van der Waals surface area contributed by atoms with Crippen LogP contribution >= 0.6 is 0 Å². The molecule has 6 nitrogen and oxygen atoms in total. The number of aryl methyl sites for hydroxylation is 1. The number of anilines is 1. The molecule has 0 unspecified atom stereocenters. The molecule has 2 aliphatic rings. The highest BCUT2D eigenvalue weighted by molar-refractivity contribution is 5.77. The molecule has 1 amide bonds. The summed E-state index contributed by atoms with van der Waals surface area (Å²) < 4.78 is 10.8. The largest absolute Gasteiger partial charge is 0.497 e. The molecule has 2 aromatic rings. The summed E-state index contributed by atoms with van der Waals surface area (Å²) in [7, 11) is 3.79. The fraction of sp³-hybridized carbons (Fsp3) is 0.480. The Balaban J connectivity index is 1.38. The van der Waals surface area contributed by atoms with Crippen molar-refractivity contribution in [3.05, 3.63) is 53.6 Å². The molecule has 4 rings (SSSR count). The Morgan fingerprint density at radius 1 is 1.03 bits per heavy atom. The average Bonchev–Trinajstić information content (AvgIpc) is 3.33. The Morgan fingerprint density at radius 3 is 2.52 bits per heavy atom. The van der Waals surface area contributed by atoms with Crippen molar-refractivity contribution >= 4 is 11.6 Å². The molecule has 0 aromatic heterocycles. The lowest BCUT2D eigenvalue weighted by atomic mass is 9.96. The quantitative estimate of drug-likeness (QED) is 0.705. The number of likely N-dealkylation sites (tertiary alicyclic amines) is 1. The molecule has 0 bridgehead atoms. The summed E-state index contributed by atoms with van der Waals surface area (Å²) in [5, 5.41) is 3.10. The van der Waals surface area contributed by atoms with E-state index in [0.29, 0.717) is 12.3 Å². The number of amides is 1. The van der Waals surface area contributed by atoms with Crippen molar-refractivity contribution in [2.45, 2.75) is 31.7 Å². The minimum atomic E-state index is -0.0993. The van der Waals surface area contributed by atoms with Crippen molar-refractivity contribution in [3.8, 4) is 11.5 Å². The molecule has 0 spiro atoms. The molecule has 1 saturated heterocycles. The predicted octanol–water partition coefficient (Wildman–Crippen LogP) is 3.41. The van der Waals surface area contributed by atoms with Crippen LogP contribution in [0.3, 0.4) is 0 Å². The van der Waals surface area contributed by atoms with Crippen molar-refractivity contribution in [1.29, 1.82) is 0 Å². The first-order valence-electron chi connectivity index (χ1n) is 11.3. The van der Waals surface area contributed by atoms with Crippen LogP contribution in [0, 0.1) is 0 Å². The van der Waals surface area contributed by atoms with Crippen LogP contribution in [-0.2, 0) is 11.2 Å². The summed E-state index contributed by atoms with van der Waals surface area (Å²) in [6.07, 6.45) is 4.76. The van der Waals surface area contributed by atoms with Crippen molar-refractivity contribution in [2.24, 2.45) is 0 Å². The fourth-order valence-electron chi connectivity index (χ4n) is 4.61. The van der Waals surface area contributed by atoms with Gasteiger partial charge in [-0.15, -0.1) is 0 Å². The topological polar surface area (TPSA) is 54.0 Å². The van der Waals surface area contributed by atoms with E-state index in [2.05, 4.69) is 40.4 Å². The molecule has 2 aliphatic heterocycles. The van der Waals surface area contributed by atoms with Gasteiger partial charge in [0, 0.05) is 25.8 Å². The first-order valence-corrected chi connectivity index (χ1v) is 11.3. The second kappa shape index (κ2) is 10.1. The van der Waals surface area contributed by atoms with E-state index >= 15 is 0 Å². The van der Waals surface area contributed by atoms with E-state index in [1.54, 1.807) is 7.11 Å². The zero-order valence-electron chi connectivity index (χ0n) is 18.6. The van der Waals surface area contributed by atoms with E-state index in [-0.39, 0.29) is 18.6 Å². The molecule has 0 radical (unpaired) electrons. The van der Waals surface area contributed by atoms with Gasteiger partial charge in [-0.25, -0.2) is 0 Å². The number of hydrogen-bond donors (Lipinski definition) is 1. The van der Waals surface area contributed by atoms with Crippen molar-refractivity contribution in [3.63, 3.8) is 0 Å². The Hall–Kier alpha value is -2.73. The van der Waals surface area contributed by atoms with Gasteiger partial charge in [0.05, 0.1) is 13.2 Å². The number of carbonyl (C=O) groups excluding carboxylic acids is 1. The first-order chi connectivity index (χ1) is 15.1. The highest BCUT2D eigenvalue weighted by atomic mass is 16.5. The third-order valence-corrected chi connectivity index (χ3v) is 6.34. The van der Waals surface area contributed by atoms with Crippen molar-refractivity contribution in [1.82, 2.24) is 10.2 Å². The Morgan fingerprint density at radius 2 is 1.77 bits per heavy atom. The zero-order valence-corrected chi connectivity index (χ0v) is 18.6.